The number of para-hydroxylation sites is 1. The van der Waals surface area contributed by atoms with Crippen molar-refractivity contribution in [3.8, 4) is 22.3 Å². The number of fused-ring (bicyclic) bond motifs is 5. The molecule has 146 valence electrons. The lowest BCUT2D eigenvalue weighted by Crippen LogP contribution is -2.10. The van der Waals surface area contributed by atoms with Crippen LogP contribution in [0.25, 0.3) is 49.7 Å². The highest BCUT2D eigenvalue weighted by Crippen LogP contribution is 2.29. The van der Waals surface area contributed by atoms with E-state index in [9.17, 15) is 4.79 Å². The fraction of sp³-hybridized carbons (Fsp3) is 0. The smallest absolute Gasteiger partial charge is 0.281 e. The van der Waals surface area contributed by atoms with Gasteiger partial charge in [-0.1, -0.05) is 66.7 Å². The number of aromatic nitrogens is 2. The molecule has 0 unspecified atom stereocenters. The van der Waals surface area contributed by atoms with Gasteiger partial charge in [-0.2, -0.15) is 4.98 Å². The second-order valence-electron chi connectivity index (χ2n) is 7.68. The van der Waals surface area contributed by atoms with Crippen molar-refractivity contribution in [3.05, 3.63) is 120 Å². The fourth-order valence-corrected chi connectivity index (χ4v) is 4.30. The number of hydrogen-bond donors (Lipinski definition) is 0. The van der Waals surface area contributed by atoms with Gasteiger partial charge >= 0.3 is 0 Å². The minimum absolute atomic E-state index is 0.190. The Balaban J connectivity index is 1.56. The minimum atomic E-state index is -0.190. The van der Waals surface area contributed by atoms with Crippen molar-refractivity contribution >= 4 is 27.5 Å². The van der Waals surface area contributed by atoms with E-state index in [1.54, 1.807) is 0 Å². The summed E-state index contributed by atoms with van der Waals surface area (Å²) in [5.41, 5.74) is 7.11. The van der Waals surface area contributed by atoms with Gasteiger partial charge in [-0.15, -0.1) is 0 Å². The third-order valence-corrected chi connectivity index (χ3v) is 5.80. The standard InChI is InChI=1S/C28H18N2O/c31-28-24-11-4-5-12-26(24)30-25-15-13-22(18-23(25)14-16-27(30)29-28)21-10-6-9-20(17-21)19-7-2-1-3-8-19/h1-18H. The van der Waals surface area contributed by atoms with Crippen LogP contribution in [-0.4, -0.2) is 9.38 Å². The van der Waals surface area contributed by atoms with Crippen molar-refractivity contribution in [1.82, 2.24) is 9.38 Å². The summed E-state index contributed by atoms with van der Waals surface area (Å²) >= 11 is 0. The summed E-state index contributed by atoms with van der Waals surface area (Å²) in [6.45, 7) is 0. The van der Waals surface area contributed by atoms with E-state index in [1.165, 1.54) is 16.7 Å². The molecule has 0 aliphatic heterocycles. The lowest BCUT2D eigenvalue weighted by atomic mass is 9.98. The van der Waals surface area contributed by atoms with Gasteiger partial charge in [-0.3, -0.25) is 9.20 Å². The van der Waals surface area contributed by atoms with Crippen LogP contribution in [0.15, 0.2) is 114 Å². The van der Waals surface area contributed by atoms with Crippen LogP contribution in [0.5, 0.6) is 0 Å². The molecule has 6 aromatic rings. The van der Waals surface area contributed by atoms with E-state index >= 15 is 0 Å². The molecule has 0 radical (unpaired) electrons. The van der Waals surface area contributed by atoms with E-state index in [0.29, 0.717) is 11.0 Å². The van der Waals surface area contributed by atoms with Gasteiger partial charge in [-0.05, 0) is 70.1 Å². The largest absolute Gasteiger partial charge is 0.294 e. The minimum Gasteiger partial charge on any atom is -0.294 e. The first-order valence-corrected chi connectivity index (χ1v) is 10.3. The third-order valence-electron chi connectivity index (χ3n) is 5.80. The molecule has 0 spiro atoms. The molecule has 4 aromatic carbocycles. The van der Waals surface area contributed by atoms with Crippen molar-refractivity contribution < 1.29 is 0 Å². The SMILES string of the molecule is O=c1nc2ccc3cc(-c4cccc(-c5ccccc5)c4)ccc3n2c2ccccc12. The molecule has 3 nitrogen and oxygen atoms in total. The molecule has 0 bridgehead atoms. The number of rotatable bonds is 2. The highest BCUT2D eigenvalue weighted by atomic mass is 16.1. The molecule has 3 heteroatoms. The average molecular weight is 398 g/mol. The van der Waals surface area contributed by atoms with Gasteiger partial charge in [0.25, 0.3) is 5.56 Å². The van der Waals surface area contributed by atoms with Gasteiger partial charge in [0.1, 0.15) is 5.65 Å². The molecule has 0 saturated heterocycles. The Hall–Kier alpha value is -4.24. The predicted molar refractivity (Wildman–Crippen MR) is 127 cm³/mol. The first-order valence-electron chi connectivity index (χ1n) is 10.3. The van der Waals surface area contributed by atoms with Crippen molar-refractivity contribution in [2.24, 2.45) is 0 Å². The third kappa shape index (κ3) is 2.90. The monoisotopic (exact) mass is 398 g/mol. The van der Waals surface area contributed by atoms with Crippen LogP contribution in [0.3, 0.4) is 0 Å². The van der Waals surface area contributed by atoms with Crippen LogP contribution < -0.4 is 5.56 Å². The summed E-state index contributed by atoms with van der Waals surface area (Å²) < 4.78 is 2.07. The van der Waals surface area contributed by atoms with Crippen LogP contribution in [0.4, 0.5) is 0 Å². The number of nitrogens with zero attached hydrogens (tertiary/aromatic N) is 2. The zero-order valence-corrected chi connectivity index (χ0v) is 16.7. The Morgan fingerprint density at radius 3 is 2.13 bits per heavy atom. The molecule has 0 amide bonds. The van der Waals surface area contributed by atoms with E-state index < -0.39 is 0 Å². The number of pyridine rings is 1. The van der Waals surface area contributed by atoms with Crippen LogP contribution in [-0.2, 0) is 0 Å². The van der Waals surface area contributed by atoms with E-state index in [0.717, 1.165) is 22.0 Å². The molecule has 0 aliphatic rings. The quantitative estimate of drug-likeness (QED) is 0.319. The maximum atomic E-state index is 12.4. The molecule has 0 atom stereocenters. The topological polar surface area (TPSA) is 34.4 Å². The Labute approximate surface area is 178 Å². The predicted octanol–water partition coefficient (Wildman–Crippen LogP) is 6.33. The van der Waals surface area contributed by atoms with Crippen LogP contribution in [0.2, 0.25) is 0 Å². The van der Waals surface area contributed by atoms with E-state index in [-0.39, 0.29) is 5.56 Å². The van der Waals surface area contributed by atoms with Gasteiger partial charge in [0.15, 0.2) is 0 Å². The molecular weight excluding hydrogens is 380 g/mol. The molecule has 0 saturated carbocycles. The van der Waals surface area contributed by atoms with E-state index in [4.69, 9.17) is 0 Å². The Bertz CT molecular complexity index is 1650. The second kappa shape index (κ2) is 6.92. The van der Waals surface area contributed by atoms with Gasteiger partial charge in [0, 0.05) is 0 Å². The van der Waals surface area contributed by atoms with Crippen molar-refractivity contribution in [1.29, 1.82) is 0 Å². The van der Waals surface area contributed by atoms with Gasteiger partial charge in [-0.25, -0.2) is 0 Å². The second-order valence-corrected chi connectivity index (χ2v) is 7.68. The maximum Gasteiger partial charge on any atom is 0.281 e. The van der Waals surface area contributed by atoms with Gasteiger partial charge in [0.2, 0.25) is 0 Å². The van der Waals surface area contributed by atoms with E-state index in [2.05, 4.69) is 76.1 Å². The molecular formula is C28H18N2O. The summed E-state index contributed by atoms with van der Waals surface area (Å²) in [5, 5.41) is 1.73. The first-order chi connectivity index (χ1) is 15.3. The first kappa shape index (κ1) is 17.6. The molecule has 2 heterocycles. The molecule has 0 fully saturated rings. The Morgan fingerprint density at radius 1 is 0.548 bits per heavy atom. The normalized spacial score (nSPS) is 11.4. The molecule has 31 heavy (non-hydrogen) atoms. The van der Waals surface area contributed by atoms with Crippen molar-refractivity contribution in [2.75, 3.05) is 0 Å². The highest BCUT2D eigenvalue weighted by molar-refractivity contribution is 5.92. The number of benzene rings is 4. The zero-order chi connectivity index (χ0) is 20.8. The summed E-state index contributed by atoms with van der Waals surface area (Å²) in [5.74, 6) is 0. The highest BCUT2D eigenvalue weighted by Gasteiger charge is 2.09. The lowest BCUT2D eigenvalue weighted by Gasteiger charge is -2.11. The summed E-state index contributed by atoms with van der Waals surface area (Å²) in [6, 6.07) is 37.1. The summed E-state index contributed by atoms with van der Waals surface area (Å²) in [4.78, 5) is 16.7. The zero-order valence-electron chi connectivity index (χ0n) is 16.7. The van der Waals surface area contributed by atoms with Crippen LogP contribution in [0, 0.1) is 0 Å². The Morgan fingerprint density at radius 2 is 1.26 bits per heavy atom. The van der Waals surface area contributed by atoms with E-state index in [1.807, 2.05) is 42.5 Å². The molecule has 0 aliphatic carbocycles. The molecule has 0 N–H and O–H groups in total. The lowest BCUT2D eigenvalue weighted by molar-refractivity contribution is 1.18. The van der Waals surface area contributed by atoms with Gasteiger partial charge < -0.3 is 0 Å². The molecule has 2 aromatic heterocycles. The van der Waals surface area contributed by atoms with Gasteiger partial charge in [0.05, 0.1) is 16.4 Å². The number of hydrogen-bond acceptors (Lipinski definition) is 2. The maximum absolute atomic E-state index is 12.4. The Kier molecular flexibility index (Phi) is 3.93. The molecule has 6 rings (SSSR count). The summed E-state index contributed by atoms with van der Waals surface area (Å²) in [6.07, 6.45) is 0. The fourth-order valence-electron chi connectivity index (χ4n) is 4.30. The average Bonchev–Trinajstić information content (AvgIpc) is 2.84. The van der Waals surface area contributed by atoms with Crippen LogP contribution in [0.1, 0.15) is 0 Å². The van der Waals surface area contributed by atoms with Crippen molar-refractivity contribution in [3.63, 3.8) is 0 Å². The van der Waals surface area contributed by atoms with Crippen LogP contribution >= 0.6 is 0 Å². The van der Waals surface area contributed by atoms with Crippen molar-refractivity contribution in [2.45, 2.75) is 0 Å². The summed E-state index contributed by atoms with van der Waals surface area (Å²) in [7, 11) is 0.